The van der Waals surface area contributed by atoms with Crippen molar-refractivity contribution in [1.29, 1.82) is 0 Å². The number of methoxy groups -OCH3 is 1. The van der Waals surface area contributed by atoms with E-state index in [0.29, 0.717) is 11.3 Å². The van der Waals surface area contributed by atoms with Crippen LogP contribution >= 0.6 is 0 Å². The van der Waals surface area contributed by atoms with Gasteiger partial charge in [-0.05, 0) is 30.7 Å². The van der Waals surface area contributed by atoms with Crippen LogP contribution in [0.3, 0.4) is 0 Å². The first-order valence-corrected chi connectivity index (χ1v) is 8.95. The van der Waals surface area contributed by atoms with E-state index in [0.717, 1.165) is 5.69 Å². The molecule has 4 N–H and O–H groups in total. The summed E-state index contributed by atoms with van der Waals surface area (Å²) in [4.78, 5) is 12.3. The normalized spacial score (nSPS) is 12.6. The Hall–Kier alpha value is -2.43. The number of aromatic nitrogens is 2. The Balaban J connectivity index is 2.17. The number of hydrogen-bond donors (Lipinski definition) is 3. The van der Waals surface area contributed by atoms with Gasteiger partial charge in [0, 0.05) is 26.0 Å². The van der Waals surface area contributed by atoms with E-state index >= 15 is 0 Å². The molecule has 1 unspecified atom stereocenters. The third kappa shape index (κ3) is 4.78. The predicted octanol–water partition coefficient (Wildman–Crippen LogP) is 0.885. The molecule has 0 saturated heterocycles. The van der Waals surface area contributed by atoms with Gasteiger partial charge in [0.05, 0.1) is 23.2 Å². The molecule has 1 heterocycles. The van der Waals surface area contributed by atoms with Crippen LogP contribution in [0.5, 0.6) is 0 Å². The van der Waals surface area contributed by atoms with Crippen molar-refractivity contribution >= 4 is 21.7 Å². The second kappa shape index (κ2) is 7.64. The molecule has 25 heavy (non-hydrogen) atoms. The van der Waals surface area contributed by atoms with E-state index in [1.54, 1.807) is 37.0 Å². The summed E-state index contributed by atoms with van der Waals surface area (Å²) in [6.07, 6.45) is 1.62. The number of nitrogens with zero attached hydrogens (tertiary/aromatic N) is 2. The summed E-state index contributed by atoms with van der Waals surface area (Å²) in [5, 5.41) is 14.6. The molecule has 2 rings (SSSR count). The van der Waals surface area contributed by atoms with Gasteiger partial charge in [-0.3, -0.25) is 4.68 Å². The fourth-order valence-corrected chi connectivity index (χ4v) is 2.86. The van der Waals surface area contributed by atoms with E-state index < -0.39 is 22.1 Å². The second-order valence-corrected chi connectivity index (χ2v) is 7.07. The number of ether oxygens (including phenoxy) is 1. The lowest BCUT2D eigenvalue weighted by molar-refractivity contribution is 0.165. The minimum Gasteiger partial charge on any atom is -0.382 e. The Kier molecular flexibility index (Phi) is 5.77. The average molecular weight is 367 g/mol. The summed E-state index contributed by atoms with van der Waals surface area (Å²) in [6, 6.07) is 5.13. The van der Waals surface area contributed by atoms with Crippen molar-refractivity contribution in [3.05, 3.63) is 41.7 Å². The Bertz CT molecular complexity index is 863. The fraction of sp³-hybridized carbons (Fsp3) is 0.333. The monoisotopic (exact) mass is 367 g/mol. The zero-order valence-electron chi connectivity index (χ0n) is 14.2. The van der Waals surface area contributed by atoms with Gasteiger partial charge in [0.25, 0.3) is 0 Å². The topological polar surface area (TPSA) is 128 Å². The fourth-order valence-electron chi connectivity index (χ4n) is 2.32. The molecule has 2 amide bonds. The van der Waals surface area contributed by atoms with Crippen LogP contribution in [0.1, 0.15) is 17.3 Å². The molecule has 0 saturated carbocycles. The number of nitrogens with one attached hydrogen (secondary N) is 2. The van der Waals surface area contributed by atoms with Crippen LogP contribution in [0.15, 0.2) is 35.4 Å². The molecule has 0 aliphatic carbocycles. The predicted molar refractivity (Wildman–Crippen MR) is 92.5 cm³/mol. The first kappa shape index (κ1) is 18.9. The average Bonchev–Trinajstić information content (AvgIpc) is 2.94. The highest BCUT2D eigenvalue weighted by atomic mass is 32.2. The van der Waals surface area contributed by atoms with Crippen molar-refractivity contribution in [2.75, 3.05) is 19.0 Å². The van der Waals surface area contributed by atoms with E-state index in [2.05, 4.69) is 15.7 Å². The van der Waals surface area contributed by atoms with Gasteiger partial charge in [0.2, 0.25) is 10.0 Å². The number of rotatable bonds is 6. The maximum atomic E-state index is 12.3. The Morgan fingerprint density at radius 2 is 2.12 bits per heavy atom. The molecule has 136 valence electrons. The van der Waals surface area contributed by atoms with E-state index in [1.807, 2.05) is 0 Å². The van der Waals surface area contributed by atoms with Gasteiger partial charge >= 0.3 is 6.03 Å². The molecule has 0 aliphatic heterocycles. The van der Waals surface area contributed by atoms with Crippen LogP contribution in [0.2, 0.25) is 0 Å². The number of carbonyl (C=O) groups is 1. The van der Waals surface area contributed by atoms with Crippen molar-refractivity contribution in [2.24, 2.45) is 12.2 Å². The molecular formula is C15H21N5O4S. The van der Waals surface area contributed by atoms with E-state index in [4.69, 9.17) is 9.88 Å². The highest BCUT2D eigenvalue weighted by Crippen LogP contribution is 2.20. The number of primary sulfonamides is 1. The molecule has 0 spiro atoms. The number of amides is 2. The molecule has 10 heteroatoms. The van der Waals surface area contributed by atoms with Crippen LogP contribution in [0.25, 0.3) is 0 Å². The second-order valence-electron chi connectivity index (χ2n) is 5.51. The van der Waals surface area contributed by atoms with Gasteiger partial charge in [-0.2, -0.15) is 5.10 Å². The number of carbonyl (C=O) groups excluding carboxylic acids is 1. The quantitative estimate of drug-likeness (QED) is 0.698. The zero-order valence-corrected chi connectivity index (χ0v) is 15.0. The zero-order chi connectivity index (χ0) is 18.6. The minimum absolute atomic E-state index is 0.0755. The lowest BCUT2D eigenvalue weighted by Crippen LogP contribution is -2.36. The Labute approximate surface area is 146 Å². The maximum absolute atomic E-state index is 12.3. The van der Waals surface area contributed by atoms with Crippen LogP contribution in [-0.4, -0.2) is 37.9 Å². The smallest absolute Gasteiger partial charge is 0.319 e. The number of benzene rings is 1. The highest BCUT2D eigenvalue weighted by molar-refractivity contribution is 7.89. The maximum Gasteiger partial charge on any atom is 0.319 e. The van der Waals surface area contributed by atoms with Gasteiger partial charge in [-0.1, -0.05) is 6.07 Å². The summed E-state index contributed by atoms with van der Waals surface area (Å²) in [7, 11) is -0.562. The summed E-state index contributed by atoms with van der Waals surface area (Å²) >= 11 is 0. The number of sulfonamides is 1. The number of aryl methyl sites for hydroxylation is 2. The number of nitrogens with two attached hydrogens (primary N) is 1. The Morgan fingerprint density at radius 1 is 1.40 bits per heavy atom. The molecular weight excluding hydrogens is 346 g/mol. The summed E-state index contributed by atoms with van der Waals surface area (Å²) < 4.78 is 29.7. The van der Waals surface area contributed by atoms with Crippen molar-refractivity contribution < 1.29 is 17.9 Å². The molecule has 9 nitrogen and oxygen atoms in total. The summed E-state index contributed by atoms with van der Waals surface area (Å²) in [6.45, 7) is 2.00. The molecule has 1 atom stereocenters. The van der Waals surface area contributed by atoms with Gasteiger partial charge < -0.3 is 15.4 Å². The van der Waals surface area contributed by atoms with Crippen LogP contribution < -0.4 is 15.8 Å². The van der Waals surface area contributed by atoms with Crippen molar-refractivity contribution in [2.45, 2.75) is 17.9 Å². The lowest BCUT2D eigenvalue weighted by Gasteiger charge is -2.19. The molecule has 0 aliphatic rings. The van der Waals surface area contributed by atoms with Crippen LogP contribution in [-0.2, 0) is 21.8 Å². The van der Waals surface area contributed by atoms with Gasteiger partial charge in [0.15, 0.2) is 0 Å². The van der Waals surface area contributed by atoms with Crippen LogP contribution in [0, 0.1) is 6.92 Å². The van der Waals surface area contributed by atoms with E-state index in [1.165, 1.54) is 19.2 Å². The largest absolute Gasteiger partial charge is 0.382 e. The molecule has 0 fully saturated rings. The number of urea groups is 1. The summed E-state index contributed by atoms with van der Waals surface area (Å²) in [5.74, 6) is 0. The standard InChI is InChI=1S/C15H21N5O4S/c1-10-4-5-11(25(16,22)23)8-12(10)18-15(21)19-13(9-24-3)14-6-7-17-20(14)2/h4-8,13H,9H2,1-3H3,(H2,16,22,23)(H2,18,19,21). The molecule has 1 aromatic heterocycles. The van der Waals surface area contributed by atoms with Crippen molar-refractivity contribution in [3.8, 4) is 0 Å². The van der Waals surface area contributed by atoms with Crippen molar-refractivity contribution in [1.82, 2.24) is 15.1 Å². The minimum atomic E-state index is -3.85. The van der Waals surface area contributed by atoms with Gasteiger partial charge in [-0.25, -0.2) is 18.4 Å². The summed E-state index contributed by atoms with van der Waals surface area (Å²) in [5.41, 5.74) is 1.82. The van der Waals surface area contributed by atoms with Crippen molar-refractivity contribution in [3.63, 3.8) is 0 Å². The van der Waals surface area contributed by atoms with E-state index in [9.17, 15) is 13.2 Å². The SMILES string of the molecule is COCC(NC(=O)Nc1cc(S(N)(=O)=O)ccc1C)c1ccnn1C. The third-order valence-electron chi connectivity index (χ3n) is 3.64. The molecule has 0 bridgehead atoms. The van der Waals surface area contributed by atoms with Gasteiger partial charge in [-0.15, -0.1) is 0 Å². The van der Waals surface area contributed by atoms with Crippen LogP contribution in [0.4, 0.5) is 10.5 Å². The molecule has 1 aromatic carbocycles. The molecule has 0 radical (unpaired) electrons. The van der Waals surface area contributed by atoms with Gasteiger partial charge in [0.1, 0.15) is 0 Å². The lowest BCUT2D eigenvalue weighted by atomic mass is 10.2. The molecule has 2 aromatic rings. The van der Waals surface area contributed by atoms with E-state index in [-0.39, 0.29) is 11.5 Å². The Morgan fingerprint density at radius 3 is 2.68 bits per heavy atom. The number of anilines is 1. The number of hydrogen-bond acceptors (Lipinski definition) is 5. The first-order valence-electron chi connectivity index (χ1n) is 7.40. The third-order valence-corrected chi connectivity index (χ3v) is 4.55. The highest BCUT2D eigenvalue weighted by Gasteiger charge is 2.18. The first-order chi connectivity index (χ1) is 11.7.